The maximum absolute atomic E-state index is 10.8. The van der Waals surface area contributed by atoms with Crippen molar-refractivity contribution >= 4 is 10.8 Å². The first-order chi connectivity index (χ1) is 5.70. The van der Waals surface area contributed by atoms with Crippen LogP contribution in [0.2, 0.25) is 0 Å². The summed E-state index contributed by atoms with van der Waals surface area (Å²) < 4.78 is 10.8. The molecule has 12 heavy (non-hydrogen) atoms. The van der Waals surface area contributed by atoms with E-state index >= 15 is 0 Å². The van der Waals surface area contributed by atoms with Crippen LogP contribution in [0, 0.1) is 0 Å². The maximum Gasteiger partial charge on any atom is 0.107 e. The minimum Gasteiger partial charge on any atom is -0.386 e. The molecule has 0 radical (unpaired) electrons. The zero-order chi connectivity index (χ0) is 8.97. The molecule has 1 aromatic heterocycles. The third-order valence-electron chi connectivity index (χ3n) is 1.42. The summed E-state index contributed by atoms with van der Waals surface area (Å²) in [6, 6.07) is 5.29. The van der Waals surface area contributed by atoms with Gasteiger partial charge in [0.2, 0.25) is 0 Å². The molecule has 4 heteroatoms. The topological polar surface area (TPSA) is 50.2 Å². The number of aliphatic hydroxyl groups excluding tert-OH is 1. The lowest BCUT2D eigenvalue weighted by molar-refractivity contribution is 0.198. The van der Waals surface area contributed by atoms with Crippen LogP contribution in [0.5, 0.6) is 0 Å². The molecule has 1 aromatic rings. The molecule has 2 atom stereocenters. The predicted molar refractivity (Wildman–Crippen MR) is 48.1 cm³/mol. The zero-order valence-electron chi connectivity index (χ0n) is 6.80. The van der Waals surface area contributed by atoms with E-state index in [0.717, 1.165) is 0 Å². The molecule has 0 fully saturated rings. The monoisotopic (exact) mass is 185 g/mol. The Bertz CT molecular complexity index is 263. The molecule has 0 aliphatic rings. The number of pyridine rings is 1. The molecule has 66 valence electrons. The molecular formula is C8H11NO2S. The Kier molecular flexibility index (Phi) is 3.37. The second-order valence-corrected chi connectivity index (χ2v) is 3.99. The Labute approximate surface area is 73.9 Å². The van der Waals surface area contributed by atoms with Gasteiger partial charge in [-0.2, -0.15) is 0 Å². The fourth-order valence-electron chi connectivity index (χ4n) is 0.881. The van der Waals surface area contributed by atoms with Crippen LogP contribution in [-0.2, 0) is 10.8 Å². The molecule has 0 aliphatic heterocycles. The highest BCUT2D eigenvalue weighted by atomic mass is 32.2. The normalized spacial score (nSPS) is 15.5. The molecule has 1 heterocycles. The van der Waals surface area contributed by atoms with E-state index in [9.17, 15) is 9.32 Å². The Hall–Kier alpha value is -0.740. The lowest BCUT2D eigenvalue weighted by Gasteiger charge is -2.06. The first-order valence-corrected chi connectivity index (χ1v) is 5.32. The van der Waals surface area contributed by atoms with Crippen molar-refractivity contribution in [1.29, 1.82) is 0 Å². The fourth-order valence-corrected chi connectivity index (χ4v) is 1.50. The van der Waals surface area contributed by atoms with Crippen molar-refractivity contribution in [2.24, 2.45) is 0 Å². The average molecular weight is 185 g/mol. The van der Waals surface area contributed by atoms with Crippen molar-refractivity contribution in [2.45, 2.75) is 6.10 Å². The molecule has 0 unspecified atom stereocenters. The lowest BCUT2D eigenvalue weighted by Crippen LogP contribution is -2.08. The number of hydrogen-bond donors (Lipinski definition) is 1. The Morgan fingerprint density at radius 2 is 2.42 bits per heavy atom. The molecule has 1 rings (SSSR count). The maximum atomic E-state index is 10.8. The molecule has 1 N–H and O–H groups in total. The summed E-state index contributed by atoms with van der Waals surface area (Å²) >= 11 is 0. The summed E-state index contributed by atoms with van der Waals surface area (Å²) in [6.45, 7) is 0. The van der Waals surface area contributed by atoms with Crippen LogP contribution in [0.1, 0.15) is 11.8 Å². The predicted octanol–water partition coefficient (Wildman–Crippen LogP) is 0.493. The minimum absolute atomic E-state index is 0.247. The SMILES string of the molecule is C[S@](=O)C[C@H](O)c1ccccn1. The van der Waals surface area contributed by atoms with Gasteiger partial charge in [0.25, 0.3) is 0 Å². The van der Waals surface area contributed by atoms with E-state index in [1.165, 1.54) is 0 Å². The van der Waals surface area contributed by atoms with Gasteiger partial charge in [0.15, 0.2) is 0 Å². The van der Waals surface area contributed by atoms with Gasteiger partial charge in [-0.25, -0.2) is 0 Å². The standard InChI is InChI=1S/C8H11NO2S/c1-12(11)6-8(10)7-4-2-3-5-9-7/h2-5,8,10H,6H2,1H3/t8-,12-/m0/s1. The fraction of sp³-hybridized carbons (Fsp3) is 0.375. The van der Waals surface area contributed by atoms with Crippen molar-refractivity contribution in [2.75, 3.05) is 12.0 Å². The van der Waals surface area contributed by atoms with Gasteiger partial charge in [0.05, 0.1) is 11.4 Å². The van der Waals surface area contributed by atoms with Gasteiger partial charge in [0, 0.05) is 23.3 Å². The quantitative estimate of drug-likeness (QED) is 0.745. The number of aromatic nitrogens is 1. The zero-order valence-corrected chi connectivity index (χ0v) is 7.62. The lowest BCUT2D eigenvalue weighted by atomic mass is 10.2. The Morgan fingerprint density at radius 1 is 1.67 bits per heavy atom. The molecule has 0 aliphatic carbocycles. The molecule has 0 bridgehead atoms. The van der Waals surface area contributed by atoms with Gasteiger partial charge >= 0.3 is 0 Å². The minimum atomic E-state index is -0.986. The van der Waals surface area contributed by atoms with Gasteiger partial charge in [-0.3, -0.25) is 9.19 Å². The highest BCUT2D eigenvalue weighted by Gasteiger charge is 2.09. The van der Waals surface area contributed by atoms with E-state index < -0.39 is 16.9 Å². The van der Waals surface area contributed by atoms with Crippen LogP contribution in [0.25, 0.3) is 0 Å². The van der Waals surface area contributed by atoms with Crippen LogP contribution in [-0.4, -0.2) is 26.3 Å². The smallest absolute Gasteiger partial charge is 0.107 e. The average Bonchev–Trinajstić information content (AvgIpc) is 2.05. The molecule has 3 nitrogen and oxygen atoms in total. The molecule has 0 saturated carbocycles. The Balaban J connectivity index is 2.65. The van der Waals surface area contributed by atoms with Crippen LogP contribution in [0.3, 0.4) is 0 Å². The molecule has 0 amide bonds. The summed E-state index contributed by atoms with van der Waals surface area (Å²) in [4.78, 5) is 3.95. The van der Waals surface area contributed by atoms with E-state index in [1.54, 1.807) is 30.7 Å². The van der Waals surface area contributed by atoms with Crippen molar-refractivity contribution in [3.8, 4) is 0 Å². The number of nitrogens with zero attached hydrogens (tertiary/aromatic N) is 1. The largest absolute Gasteiger partial charge is 0.386 e. The van der Waals surface area contributed by atoms with Crippen molar-refractivity contribution in [1.82, 2.24) is 4.98 Å². The highest BCUT2D eigenvalue weighted by Crippen LogP contribution is 2.08. The third-order valence-corrected chi connectivity index (χ3v) is 2.21. The van der Waals surface area contributed by atoms with Crippen molar-refractivity contribution in [3.05, 3.63) is 30.1 Å². The van der Waals surface area contributed by atoms with Crippen LogP contribution in [0.4, 0.5) is 0 Å². The van der Waals surface area contributed by atoms with Gasteiger partial charge in [-0.15, -0.1) is 0 Å². The third kappa shape index (κ3) is 2.71. The van der Waals surface area contributed by atoms with Crippen molar-refractivity contribution in [3.63, 3.8) is 0 Å². The first kappa shape index (κ1) is 9.35. The molecule has 0 spiro atoms. The summed E-state index contributed by atoms with van der Waals surface area (Å²) in [7, 11) is -0.986. The molecular weight excluding hydrogens is 174 g/mol. The van der Waals surface area contributed by atoms with E-state index in [0.29, 0.717) is 5.69 Å². The van der Waals surface area contributed by atoms with Crippen LogP contribution >= 0.6 is 0 Å². The molecule has 0 aromatic carbocycles. The van der Waals surface area contributed by atoms with Gasteiger partial charge in [-0.05, 0) is 12.1 Å². The van der Waals surface area contributed by atoms with Gasteiger partial charge in [0.1, 0.15) is 6.10 Å². The van der Waals surface area contributed by atoms with E-state index in [4.69, 9.17) is 0 Å². The Morgan fingerprint density at radius 3 is 2.92 bits per heavy atom. The number of rotatable bonds is 3. The van der Waals surface area contributed by atoms with Crippen LogP contribution in [0.15, 0.2) is 24.4 Å². The summed E-state index contributed by atoms with van der Waals surface area (Å²) in [5, 5.41) is 9.44. The number of hydrogen-bond acceptors (Lipinski definition) is 3. The van der Waals surface area contributed by atoms with E-state index in [1.807, 2.05) is 0 Å². The van der Waals surface area contributed by atoms with Crippen molar-refractivity contribution < 1.29 is 9.32 Å². The summed E-state index contributed by atoms with van der Waals surface area (Å²) in [5.41, 5.74) is 0.577. The van der Waals surface area contributed by atoms with Gasteiger partial charge < -0.3 is 5.11 Å². The van der Waals surface area contributed by atoms with E-state index in [-0.39, 0.29) is 5.75 Å². The highest BCUT2D eigenvalue weighted by molar-refractivity contribution is 7.84. The van der Waals surface area contributed by atoms with E-state index in [2.05, 4.69) is 4.98 Å². The molecule has 0 saturated heterocycles. The summed E-state index contributed by atoms with van der Waals surface area (Å²) in [5.74, 6) is 0.247. The van der Waals surface area contributed by atoms with Gasteiger partial charge in [-0.1, -0.05) is 6.07 Å². The van der Waals surface area contributed by atoms with Crippen LogP contribution < -0.4 is 0 Å². The first-order valence-electron chi connectivity index (χ1n) is 3.59. The second kappa shape index (κ2) is 4.33. The second-order valence-electron chi connectivity index (χ2n) is 2.51. The summed E-state index contributed by atoms with van der Waals surface area (Å²) in [6.07, 6.45) is 2.46. The number of aliphatic hydroxyl groups is 1.